The molecule has 2 heteroatoms. The van der Waals surface area contributed by atoms with Gasteiger partial charge in [0.25, 0.3) is 0 Å². The van der Waals surface area contributed by atoms with Gasteiger partial charge in [0.1, 0.15) is 0 Å². The first-order chi connectivity index (χ1) is 9.29. The monoisotopic (exact) mass is 253 g/mol. The molecule has 0 fully saturated rings. The van der Waals surface area contributed by atoms with Crippen LogP contribution < -0.4 is 0 Å². The first-order valence-electron chi connectivity index (χ1n) is 7.13. The molecular formula is C17H19NO. The van der Waals surface area contributed by atoms with E-state index in [1.807, 2.05) is 6.08 Å². The summed E-state index contributed by atoms with van der Waals surface area (Å²) in [6, 6.07) is 8.39. The van der Waals surface area contributed by atoms with Crippen molar-refractivity contribution < 1.29 is 4.79 Å². The average Bonchev–Trinajstić information content (AvgIpc) is 2.72. The fraction of sp³-hybridized carbons (Fsp3) is 0.353. The smallest absolute Gasteiger partial charge is 0.156 e. The summed E-state index contributed by atoms with van der Waals surface area (Å²) in [6.07, 6.45) is 6.61. The average molecular weight is 253 g/mol. The molecule has 3 rings (SSSR count). The number of aromatic amines is 1. The highest BCUT2D eigenvalue weighted by Gasteiger charge is 2.19. The lowest BCUT2D eigenvalue weighted by molar-refractivity contribution is -0.114. The highest BCUT2D eigenvalue weighted by Crippen LogP contribution is 2.33. The molecule has 1 aliphatic carbocycles. The molecule has 1 N–H and O–H groups in total. The molecule has 98 valence electrons. The van der Waals surface area contributed by atoms with Gasteiger partial charge in [0, 0.05) is 23.0 Å². The van der Waals surface area contributed by atoms with Crippen molar-refractivity contribution in [2.75, 3.05) is 0 Å². The van der Waals surface area contributed by atoms with Gasteiger partial charge in [-0.3, -0.25) is 4.79 Å². The van der Waals surface area contributed by atoms with Gasteiger partial charge in [-0.1, -0.05) is 31.5 Å². The van der Waals surface area contributed by atoms with Crippen LogP contribution in [0.2, 0.25) is 0 Å². The zero-order valence-corrected chi connectivity index (χ0v) is 11.3. The van der Waals surface area contributed by atoms with Gasteiger partial charge < -0.3 is 4.98 Å². The van der Waals surface area contributed by atoms with Crippen LogP contribution in [0, 0.1) is 0 Å². The molecule has 1 heterocycles. The Morgan fingerprint density at radius 3 is 2.89 bits per heavy atom. The maximum atomic E-state index is 11.9. The first kappa shape index (κ1) is 12.2. The summed E-state index contributed by atoms with van der Waals surface area (Å²) >= 11 is 0. The zero-order valence-electron chi connectivity index (χ0n) is 11.3. The lowest BCUT2D eigenvalue weighted by Gasteiger charge is -2.05. The molecule has 0 bridgehead atoms. The van der Waals surface area contributed by atoms with E-state index in [4.69, 9.17) is 0 Å². The second-order valence-corrected chi connectivity index (χ2v) is 5.26. The van der Waals surface area contributed by atoms with Crippen molar-refractivity contribution in [2.45, 2.75) is 39.0 Å². The molecule has 1 aromatic heterocycles. The van der Waals surface area contributed by atoms with Crippen LogP contribution in [0.15, 0.2) is 30.3 Å². The Labute approximate surface area is 113 Å². The summed E-state index contributed by atoms with van der Waals surface area (Å²) < 4.78 is 0. The number of allylic oxidation sites excluding steroid dienone is 2. The van der Waals surface area contributed by atoms with Crippen molar-refractivity contribution in [1.29, 1.82) is 0 Å². The van der Waals surface area contributed by atoms with Crippen LogP contribution in [0.1, 0.15) is 43.9 Å². The summed E-state index contributed by atoms with van der Waals surface area (Å²) in [4.78, 5) is 15.4. The van der Waals surface area contributed by atoms with Crippen molar-refractivity contribution in [3.63, 3.8) is 0 Å². The molecule has 0 unspecified atom stereocenters. The molecule has 1 aromatic carbocycles. The first-order valence-corrected chi connectivity index (χ1v) is 7.13. The molecule has 1 aliphatic rings. The summed E-state index contributed by atoms with van der Waals surface area (Å²) in [7, 11) is 0. The summed E-state index contributed by atoms with van der Waals surface area (Å²) in [6.45, 7) is 2.19. The highest BCUT2D eigenvalue weighted by molar-refractivity contribution is 6.01. The van der Waals surface area contributed by atoms with E-state index in [-0.39, 0.29) is 5.78 Å². The number of ketones is 1. The Kier molecular flexibility index (Phi) is 3.24. The summed E-state index contributed by atoms with van der Waals surface area (Å²) in [5.74, 6) is 0.264. The number of hydrogen-bond donors (Lipinski definition) is 1. The molecule has 0 amide bonds. The molecule has 0 saturated heterocycles. The van der Waals surface area contributed by atoms with E-state index in [9.17, 15) is 4.79 Å². The maximum absolute atomic E-state index is 11.9. The highest BCUT2D eigenvalue weighted by atomic mass is 16.1. The number of H-pyrrole nitrogens is 1. The number of aromatic nitrogens is 1. The molecule has 2 aromatic rings. The van der Waals surface area contributed by atoms with Gasteiger partial charge >= 0.3 is 0 Å². The van der Waals surface area contributed by atoms with E-state index in [1.54, 1.807) is 0 Å². The lowest BCUT2D eigenvalue weighted by Crippen LogP contribution is -1.93. The van der Waals surface area contributed by atoms with Crippen LogP contribution in [0.4, 0.5) is 0 Å². The fourth-order valence-electron chi connectivity index (χ4n) is 2.89. The second kappa shape index (κ2) is 5.04. The molecule has 0 radical (unpaired) electrons. The van der Waals surface area contributed by atoms with E-state index >= 15 is 0 Å². The SMILES string of the molecule is CCCCC1=CC(=O)CCc2c1[nH]c1ccccc21. The molecular weight excluding hydrogens is 234 g/mol. The van der Waals surface area contributed by atoms with E-state index < -0.39 is 0 Å². The number of carbonyl (C=O) groups is 1. The lowest BCUT2D eigenvalue weighted by atomic mass is 10.0. The van der Waals surface area contributed by atoms with Gasteiger partial charge in [-0.15, -0.1) is 0 Å². The van der Waals surface area contributed by atoms with Crippen molar-refractivity contribution in [1.82, 2.24) is 4.98 Å². The summed E-state index contributed by atoms with van der Waals surface area (Å²) in [5, 5.41) is 1.27. The van der Waals surface area contributed by atoms with E-state index in [0.29, 0.717) is 6.42 Å². The Bertz CT molecular complexity index is 648. The van der Waals surface area contributed by atoms with Gasteiger partial charge in [0.2, 0.25) is 0 Å². The van der Waals surface area contributed by atoms with E-state index in [2.05, 4.69) is 36.2 Å². The van der Waals surface area contributed by atoms with Crippen molar-refractivity contribution in [3.05, 3.63) is 41.6 Å². The third kappa shape index (κ3) is 2.23. The van der Waals surface area contributed by atoms with Gasteiger partial charge in [-0.05, 0) is 42.5 Å². The van der Waals surface area contributed by atoms with Gasteiger partial charge in [0.05, 0.1) is 0 Å². The molecule has 0 saturated carbocycles. The van der Waals surface area contributed by atoms with Crippen LogP contribution >= 0.6 is 0 Å². The quantitative estimate of drug-likeness (QED) is 0.871. The third-order valence-electron chi connectivity index (χ3n) is 3.89. The van der Waals surface area contributed by atoms with Crippen molar-refractivity contribution >= 4 is 22.3 Å². The molecule has 0 spiro atoms. The van der Waals surface area contributed by atoms with E-state index in [1.165, 1.54) is 27.7 Å². The van der Waals surface area contributed by atoms with Crippen LogP contribution in [-0.2, 0) is 11.2 Å². The van der Waals surface area contributed by atoms with Gasteiger partial charge in [0.15, 0.2) is 5.78 Å². The predicted molar refractivity (Wildman–Crippen MR) is 79.1 cm³/mol. The topological polar surface area (TPSA) is 32.9 Å². The number of unbranched alkanes of at least 4 members (excludes halogenated alkanes) is 1. The number of rotatable bonds is 3. The number of benzene rings is 1. The van der Waals surface area contributed by atoms with Gasteiger partial charge in [-0.2, -0.15) is 0 Å². The van der Waals surface area contributed by atoms with Crippen LogP contribution in [-0.4, -0.2) is 10.8 Å². The zero-order chi connectivity index (χ0) is 13.2. The minimum atomic E-state index is 0.264. The van der Waals surface area contributed by atoms with E-state index in [0.717, 1.165) is 25.7 Å². The second-order valence-electron chi connectivity index (χ2n) is 5.26. The minimum absolute atomic E-state index is 0.264. The Morgan fingerprint density at radius 1 is 1.21 bits per heavy atom. The maximum Gasteiger partial charge on any atom is 0.156 e. The predicted octanol–water partition coefficient (Wildman–Crippen LogP) is 4.26. The van der Waals surface area contributed by atoms with Crippen LogP contribution in [0.5, 0.6) is 0 Å². The standard InChI is InChI=1S/C17H19NO/c1-2-3-6-12-11-13(19)9-10-15-14-7-4-5-8-16(14)18-17(12)15/h4-5,7-8,11,18H,2-3,6,9-10H2,1H3. The number of hydrogen-bond acceptors (Lipinski definition) is 1. The Morgan fingerprint density at radius 2 is 2.05 bits per heavy atom. The van der Waals surface area contributed by atoms with Crippen molar-refractivity contribution in [2.24, 2.45) is 0 Å². The molecule has 2 nitrogen and oxygen atoms in total. The number of fused-ring (bicyclic) bond motifs is 3. The number of carbonyl (C=O) groups excluding carboxylic acids is 1. The van der Waals surface area contributed by atoms with Gasteiger partial charge in [-0.25, -0.2) is 0 Å². The normalized spacial score (nSPS) is 15.2. The molecule has 0 aliphatic heterocycles. The minimum Gasteiger partial charge on any atom is -0.355 e. The Hall–Kier alpha value is -1.83. The summed E-state index contributed by atoms with van der Waals surface area (Å²) in [5.41, 5.74) is 4.89. The van der Waals surface area contributed by atoms with Crippen LogP contribution in [0.3, 0.4) is 0 Å². The number of aryl methyl sites for hydroxylation is 1. The van der Waals surface area contributed by atoms with Crippen molar-refractivity contribution in [3.8, 4) is 0 Å². The third-order valence-corrected chi connectivity index (χ3v) is 3.89. The Balaban J connectivity index is 2.13. The largest absolute Gasteiger partial charge is 0.355 e. The number of nitrogens with one attached hydrogen (secondary N) is 1. The van der Waals surface area contributed by atoms with Crippen LogP contribution in [0.25, 0.3) is 16.5 Å². The number of para-hydroxylation sites is 1. The molecule has 0 atom stereocenters. The fourth-order valence-corrected chi connectivity index (χ4v) is 2.89. The molecule has 19 heavy (non-hydrogen) atoms.